The molecule has 0 radical (unpaired) electrons. The minimum atomic E-state index is -0.554. The van der Waals surface area contributed by atoms with Crippen LogP contribution in [0.15, 0.2) is 0 Å². The van der Waals surface area contributed by atoms with E-state index in [0.29, 0.717) is 12.1 Å². The summed E-state index contributed by atoms with van der Waals surface area (Å²) in [4.78, 5) is 2.31. The van der Waals surface area contributed by atoms with Gasteiger partial charge >= 0.3 is 0 Å². The molecule has 4 nitrogen and oxygen atoms in total. The third-order valence-electron chi connectivity index (χ3n) is 3.36. The number of ether oxygens (including phenoxy) is 1. The fourth-order valence-corrected chi connectivity index (χ4v) is 3.59. The molecule has 0 aliphatic carbocycles. The van der Waals surface area contributed by atoms with E-state index in [1.807, 2.05) is 0 Å². The molecule has 0 aromatic carbocycles. The van der Waals surface area contributed by atoms with E-state index in [1.54, 1.807) is 0 Å². The predicted molar refractivity (Wildman–Crippen MR) is 66.1 cm³/mol. The molecule has 5 heteroatoms. The van der Waals surface area contributed by atoms with Gasteiger partial charge in [0, 0.05) is 48.0 Å². The van der Waals surface area contributed by atoms with Crippen molar-refractivity contribution in [2.45, 2.75) is 25.0 Å². The number of nitrogens with one attached hydrogen (secondary N) is 1. The van der Waals surface area contributed by atoms with Crippen LogP contribution in [0.1, 0.15) is 12.8 Å². The first-order valence-electron chi connectivity index (χ1n) is 6.12. The molecule has 16 heavy (non-hydrogen) atoms. The van der Waals surface area contributed by atoms with Crippen LogP contribution in [0.25, 0.3) is 0 Å². The number of hydrogen-bond acceptors (Lipinski definition) is 4. The van der Waals surface area contributed by atoms with Gasteiger partial charge in [0.1, 0.15) is 0 Å². The molecule has 1 N–H and O–H groups in total. The quantitative estimate of drug-likeness (QED) is 0.750. The van der Waals surface area contributed by atoms with Gasteiger partial charge in [0.25, 0.3) is 0 Å². The summed E-state index contributed by atoms with van der Waals surface area (Å²) in [7, 11) is 1.58. The summed E-state index contributed by atoms with van der Waals surface area (Å²) in [6.07, 6.45) is 2.43. The van der Waals surface area contributed by atoms with Crippen LogP contribution in [-0.2, 0) is 15.5 Å². The van der Waals surface area contributed by atoms with Crippen molar-refractivity contribution in [2.24, 2.45) is 0 Å². The van der Waals surface area contributed by atoms with Crippen LogP contribution in [0.5, 0.6) is 0 Å². The zero-order chi connectivity index (χ0) is 11.4. The lowest BCUT2D eigenvalue weighted by Gasteiger charge is -2.32. The molecular formula is C11H22N2O2S. The van der Waals surface area contributed by atoms with E-state index in [2.05, 4.69) is 17.3 Å². The zero-order valence-electron chi connectivity index (χ0n) is 9.98. The van der Waals surface area contributed by atoms with Crippen LogP contribution in [-0.4, -0.2) is 66.0 Å². The van der Waals surface area contributed by atoms with Crippen molar-refractivity contribution in [1.29, 1.82) is 0 Å². The van der Waals surface area contributed by atoms with Crippen LogP contribution in [0.2, 0.25) is 0 Å². The van der Waals surface area contributed by atoms with Crippen molar-refractivity contribution >= 4 is 10.8 Å². The summed E-state index contributed by atoms with van der Waals surface area (Å²) < 4.78 is 16.9. The highest BCUT2D eigenvalue weighted by atomic mass is 32.2. The molecule has 0 aromatic heterocycles. The third kappa shape index (κ3) is 3.80. The molecule has 0 spiro atoms. The Labute approximate surface area is 100 Å². The van der Waals surface area contributed by atoms with Crippen LogP contribution in [0.3, 0.4) is 0 Å². The van der Waals surface area contributed by atoms with Crippen LogP contribution >= 0.6 is 0 Å². The molecule has 0 amide bonds. The maximum Gasteiger partial charge on any atom is 0.0826 e. The molecular weight excluding hydrogens is 224 g/mol. The Balaban J connectivity index is 1.65. The summed E-state index contributed by atoms with van der Waals surface area (Å²) in [6.45, 7) is 3.84. The average molecular weight is 246 g/mol. The molecule has 0 bridgehead atoms. The smallest absolute Gasteiger partial charge is 0.0826 e. The normalized spacial score (nSPS) is 37.4. The Morgan fingerprint density at radius 3 is 2.88 bits per heavy atom. The largest absolute Gasteiger partial charge is 0.374 e. The van der Waals surface area contributed by atoms with E-state index in [-0.39, 0.29) is 0 Å². The third-order valence-corrected chi connectivity index (χ3v) is 4.75. The maximum absolute atomic E-state index is 11.2. The van der Waals surface area contributed by atoms with Gasteiger partial charge in [0.05, 0.1) is 12.7 Å². The van der Waals surface area contributed by atoms with Crippen molar-refractivity contribution in [3.05, 3.63) is 0 Å². The Bertz CT molecular complexity index is 240. The van der Waals surface area contributed by atoms with E-state index >= 15 is 0 Å². The minimum Gasteiger partial charge on any atom is -0.374 e. The van der Waals surface area contributed by atoms with Crippen LogP contribution in [0, 0.1) is 0 Å². The van der Waals surface area contributed by atoms with Gasteiger partial charge in [-0.15, -0.1) is 0 Å². The van der Waals surface area contributed by atoms with E-state index in [9.17, 15) is 4.21 Å². The molecule has 1 atom stereocenters. The van der Waals surface area contributed by atoms with Gasteiger partial charge in [-0.05, 0) is 19.9 Å². The summed E-state index contributed by atoms with van der Waals surface area (Å²) in [6, 6.07) is 0.550. The molecule has 94 valence electrons. The summed E-state index contributed by atoms with van der Waals surface area (Å²) >= 11 is 0. The molecule has 2 saturated heterocycles. The highest BCUT2D eigenvalue weighted by molar-refractivity contribution is 7.85. The van der Waals surface area contributed by atoms with Gasteiger partial charge in [0.2, 0.25) is 0 Å². The molecule has 2 fully saturated rings. The molecule has 2 heterocycles. The Kier molecular flexibility index (Phi) is 4.76. The summed E-state index contributed by atoms with van der Waals surface area (Å²) in [5.74, 6) is 1.73. The van der Waals surface area contributed by atoms with E-state index in [4.69, 9.17) is 4.74 Å². The van der Waals surface area contributed by atoms with E-state index < -0.39 is 10.8 Å². The van der Waals surface area contributed by atoms with E-state index in [0.717, 1.165) is 50.6 Å². The van der Waals surface area contributed by atoms with Gasteiger partial charge in [-0.2, -0.15) is 0 Å². The number of hydrogen-bond donors (Lipinski definition) is 1. The topological polar surface area (TPSA) is 41.6 Å². The minimum absolute atomic E-state index is 0.325. The lowest BCUT2D eigenvalue weighted by Crippen LogP contribution is -2.47. The Morgan fingerprint density at radius 1 is 1.44 bits per heavy atom. The van der Waals surface area contributed by atoms with Gasteiger partial charge < -0.3 is 15.0 Å². The second-order valence-corrected chi connectivity index (χ2v) is 6.48. The maximum atomic E-state index is 11.2. The van der Waals surface area contributed by atoms with Crippen molar-refractivity contribution in [3.63, 3.8) is 0 Å². The predicted octanol–water partition coefficient (Wildman–Crippen LogP) is -0.182. The van der Waals surface area contributed by atoms with Crippen molar-refractivity contribution in [3.8, 4) is 0 Å². The first kappa shape index (κ1) is 12.5. The Morgan fingerprint density at radius 2 is 2.19 bits per heavy atom. The summed E-state index contributed by atoms with van der Waals surface area (Å²) in [5.41, 5.74) is 0. The average Bonchev–Trinajstić information content (AvgIpc) is 2.28. The van der Waals surface area contributed by atoms with Crippen molar-refractivity contribution in [2.75, 3.05) is 44.8 Å². The lowest BCUT2D eigenvalue weighted by molar-refractivity contribution is -0.0193. The number of rotatable bonds is 3. The first-order chi connectivity index (χ1) is 7.74. The second kappa shape index (κ2) is 6.10. The van der Waals surface area contributed by atoms with Gasteiger partial charge in [-0.25, -0.2) is 0 Å². The monoisotopic (exact) mass is 246 g/mol. The van der Waals surface area contributed by atoms with Crippen LogP contribution < -0.4 is 5.32 Å². The van der Waals surface area contributed by atoms with E-state index in [1.165, 1.54) is 0 Å². The first-order valence-corrected chi connectivity index (χ1v) is 7.61. The highest BCUT2D eigenvalue weighted by Crippen LogP contribution is 2.10. The standard InChI is InChI=1S/C11H22N2O2S/c1-13-4-5-15-11(9-13)8-12-10-2-6-16(14)7-3-10/h10-12H,2-9H2,1H3. The zero-order valence-corrected chi connectivity index (χ0v) is 10.8. The molecule has 2 rings (SSSR count). The van der Waals surface area contributed by atoms with Crippen molar-refractivity contribution in [1.82, 2.24) is 10.2 Å². The fraction of sp³-hybridized carbons (Fsp3) is 1.00. The van der Waals surface area contributed by atoms with Crippen LogP contribution in [0.4, 0.5) is 0 Å². The molecule has 2 aliphatic heterocycles. The van der Waals surface area contributed by atoms with Crippen molar-refractivity contribution < 1.29 is 8.95 Å². The molecule has 0 aromatic rings. The molecule has 2 aliphatic rings. The highest BCUT2D eigenvalue weighted by Gasteiger charge is 2.21. The number of likely N-dealkylation sites (N-methyl/N-ethyl adjacent to an activating group) is 1. The number of nitrogens with zero attached hydrogens (tertiary/aromatic N) is 1. The SMILES string of the molecule is CN1CCOC(CNC2CCS(=O)CC2)C1. The summed E-state index contributed by atoms with van der Waals surface area (Å²) in [5, 5.41) is 3.55. The second-order valence-electron chi connectivity index (χ2n) is 4.79. The number of morpholine rings is 1. The Hall–Kier alpha value is 0.0300. The lowest BCUT2D eigenvalue weighted by atomic mass is 10.1. The van der Waals surface area contributed by atoms with Gasteiger partial charge in [-0.3, -0.25) is 4.21 Å². The molecule has 1 unspecified atom stereocenters. The van der Waals surface area contributed by atoms with Gasteiger partial charge in [-0.1, -0.05) is 0 Å². The fourth-order valence-electron chi connectivity index (χ4n) is 2.29. The molecule has 0 saturated carbocycles. The van der Waals surface area contributed by atoms with Gasteiger partial charge in [0.15, 0.2) is 0 Å².